The molecule has 2 aliphatic carbocycles. The van der Waals surface area contributed by atoms with Gasteiger partial charge in [0.2, 0.25) is 21.8 Å². The van der Waals surface area contributed by atoms with Gasteiger partial charge in [0.1, 0.15) is 35.1 Å². The maximum atomic E-state index is 14.4. The number of hydrogen-bond donors (Lipinski definition) is 3. The minimum absolute atomic E-state index is 0.0473. The van der Waals surface area contributed by atoms with Crippen molar-refractivity contribution in [3.05, 3.63) is 46.8 Å². The van der Waals surface area contributed by atoms with Crippen LogP contribution in [0.5, 0.6) is 0 Å². The van der Waals surface area contributed by atoms with E-state index >= 15 is 0 Å². The number of fused-ring (bicyclic) bond motifs is 1. The summed E-state index contributed by atoms with van der Waals surface area (Å²) in [5.74, 6) is -3.87. The van der Waals surface area contributed by atoms with Gasteiger partial charge in [-0.2, -0.15) is 0 Å². The number of ether oxygens (including phenoxy) is 2. The average molecular weight is 762 g/mol. The van der Waals surface area contributed by atoms with Crippen LogP contribution in [0.4, 0.5) is 14.0 Å². The van der Waals surface area contributed by atoms with Crippen LogP contribution in [0.3, 0.4) is 0 Å². The molecule has 2 aliphatic heterocycles. The van der Waals surface area contributed by atoms with Crippen LogP contribution >= 0.6 is 0 Å². The number of carbonyl (C=O) groups excluding carboxylic acids is 6. The van der Waals surface area contributed by atoms with Crippen LogP contribution in [0.2, 0.25) is 0 Å². The maximum absolute atomic E-state index is 14.4. The SMILES string of the molecule is CC[C@@H]1C[C@]1(NC(=O)C1C[C@@H](OC(=O)N2Cc3cccc(F)c3C2)CN1C(=O)[C@H](CC(=O)C=C(C)C)NC(=O)OC(C)(C)C)C(=O)NS(=O)(=O)C1CC1. The highest BCUT2D eigenvalue weighted by molar-refractivity contribution is 7.91. The number of ketones is 1. The number of alkyl carbamates (subject to hydrolysis) is 1. The van der Waals surface area contributed by atoms with Crippen LogP contribution in [0, 0.1) is 11.7 Å². The van der Waals surface area contributed by atoms with Gasteiger partial charge in [0.25, 0.3) is 5.91 Å². The standard InChI is InChI=1S/C36H48FN5O10S/c1-7-22-16-36(22,32(46)40-53(49,50)25-11-12-25)39-30(44)29-15-24(51-34(48)41-17-21-9-8-10-27(37)26(21)19-41)18-42(29)31(45)28(14-23(43)13-20(2)3)38-33(47)52-35(4,5)6/h8-10,13,22,24-25,28-29H,7,11-12,14-19H2,1-6H3,(H,38,47)(H,39,44)(H,40,46)/t22-,24-,28+,29?,36-/m1/s1. The maximum Gasteiger partial charge on any atom is 0.410 e. The molecular weight excluding hydrogens is 713 g/mol. The van der Waals surface area contributed by atoms with E-state index in [1.54, 1.807) is 47.6 Å². The van der Waals surface area contributed by atoms with Crippen LogP contribution in [-0.2, 0) is 51.8 Å². The van der Waals surface area contributed by atoms with Gasteiger partial charge in [-0.1, -0.05) is 31.1 Å². The van der Waals surface area contributed by atoms with Gasteiger partial charge in [0.15, 0.2) is 5.78 Å². The first-order valence-corrected chi connectivity index (χ1v) is 19.3. The third-order valence-corrected chi connectivity index (χ3v) is 11.5. The van der Waals surface area contributed by atoms with Crippen molar-refractivity contribution in [2.45, 2.75) is 128 Å². The Bertz CT molecular complexity index is 1820. The summed E-state index contributed by atoms with van der Waals surface area (Å²) in [5, 5.41) is 4.48. The zero-order valence-corrected chi connectivity index (χ0v) is 31.6. The Morgan fingerprint density at radius 2 is 1.79 bits per heavy atom. The summed E-state index contributed by atoms with van der Waals surface area (Å²) in [7, 11) is -3.94. The minimum Gasteiger partial charge on any atom is -0.444 e. The molecule has 0 spiro atoms. The molecule has 2 saturated carbocycles. The molecule has 1 saturated heterocycles. The lowest BCUT2D eigenvalue weighted by atomic mass is 10.1. The fraction of sp³-hybridized carbons (Fsp3) is 0.611. The number of benzene rings is 1. The molecule has 0 bridgehead atoms. The molecule has 3 fully saturated rings. The summed E-state index contributed by atoms with van der Waals surface area (Å²) in [6.45, 7) is 9.73. The van der Waals surface area contributed by atoms with Crippen molar-refractivity contribution in [3.8, 4) is 0 Å². The third kappa shape index (κ3) is 9.34. The first-order valence-electron chi connectivity index (χ1n) is 17.8. The third-order valence-electron chi connectivity index (χ3n) is 9.69. The molecule has 4 aliphatic rings. The number of hydrogen-bond acceptors (Lipinski definition) is 10. The Morgan fingerprint density at radius 3 is 2.38 bits per heavy atom. The van der Waals surface area contributed by atoms with Gasteiger partial charge in [0, 0.05) is 24.9 Å². The zero-order valence-electron chi connectivity index (χ0n) is 30.8. The Balaban J connectivity index is 1.40. The summed E-state index contributed by atoms with van der Waals surface area (Å²) in [5.41, 5.74) is -0.895. The summed E-state index contributed by atoms with van der Waals surface area (Å²) in [6.07, 6.45) is -0.817. The Hall–Kier alpha value is -4.54. The first kappa shape index (κ1) is 39.7. The highest BCUT2D eigenvalue weighted by atomic mass is 32.2. The predicted octanol–water partition coefficient (Wildman–Crippen LogP) is 2.96. The molecule has 0 aromatic heterocycles. The van der Waals surface area contributed by atoms with Gasteiger partial charge in [-0.25, -0.2) is 22.4 Å². The molecule has 53 heavy (non-hydrogen) atoms. The summed E-state index contributed by atoms with van der Waals surface area (Å²) in [4.78, 5) is 83.4. The highest BCUT2D eigenvalue weighted by Crippen LogP contribution is 2.47. The van der Waals surface area contributed by atoms with Crippen molar-refractivity contribution in [1.29, 1.82) is 0 Å². The summed E-state index contributed by atoms with van der Waals surface area (Å²) >= 11 is 0. The lowest BCUT2D eigenvalue weighted by Crippen LogP contribution is -2.58. The number of allylic oxidation sites excluding steroid dienone is 2. The Kier molecular flexibility index (Phi) is 11.3. The second kappa shape index (κ2) is 15.1. The Morgan fingerprint density at radius 1 is 1.09 bits per heavy atom. The number of halogens is 1. The van der Waals surface area contributed by atoms with Crippen LogP contribution in [0.1, 0.15) is 91.2 Å². The summed E-state index contributed by atoms with van der Waals surface area (Å²) < 4.78 is 53.0. The van der Waals surface area contributed by atoms with E-state index in [0.29, 0.717) is 36.0 Å². The van der Waals surface area contributed by atoms with Gasteiger partial charge in [-0.05, 0) is 77.5 Å². The van der Waals surface area contributed by atoms with E-state index in [2.05, 4.69) is 15.4 Å². The van der Waals surface area contributed by atoms with Gasteiger partial charge in [-0.3, -0.25) is 28.8 Å². The molecule has 17 heteroatoms. The molecule has 290 valence electrons. The summed E-state index contributed by atoms with van der Waals surface area (Å²) in [6, 6.07) is 1.66. The molecular formula is C36H48FN5O10S. The molecule has 5 atom stereocenters. The van der Waals surface area contributed by atoms with E-state index in [1.807, 2.05) is 0 Å². The lowest BCUT2D eigenvalue weighted by Gasteiger charge is -2.30. The fourth-order valence-corrected chi connectivity index (χ4v) is 8.19. The van der Waals surface area contributed by atoms with E-state index < -0.39 is 92.5 Å². The van der Waals surface area contributed by atoms with Crippen LogP contribution in [0.15, 0.2) is 29.8 Å². The number of carbonyl (C=O) groups is 6. The van der Waals surface area contributed by atoms with Crippen molar-refractivity contribution >= 4 is 45.7 Å². The number of nitrogens with zero attached hydrogens (tertiary/aromatic N) is 2. The van der Waals surface area contributed by atoms with Gasteiger partial charge >= 0.3 is 12.2 Å². The van der Waals surface area contributed by atoms with E-state index in [1.165, 1.54) is 23.1 Å². The van der Waals surface area contributed by atoms with E-state index in [9.17, 15) is 41.6 Å². The minimum atomic E-state index is -3.94. The van der Waals surface area contributed by atoms with E-state index in [-0.39, 0.29) is 38.4 Å². The molecule has 1 aromatic carbocycles. The number of likely N-dealkylation sites (tertiary alicyclic amines) is 1. The monoisotopic (exact) mass is 761 g/mol. The second-order valence-corrected chi connectivity index (χ2v) is 17.5. The molecule has 5 rings (SSSR count). The van der Waals surface area contributed by atoms with Crippen LogP contribution in [0.25, 0.3) is 0 Å². The van der Waals surface area contributed by atoms with Crippen LogP contribution in [-0.4, -0.2) is 95.0 Å². The second-order valence-electron chi connectivity index (χ2n) is 15.5. The molecule has 1 unspecified atom stereocenters. The van der Waals surface area contributed by atoms with Crippen molar-refractivity contribution in [1.82, 2.24) is 25.2 Å². The van der Waals surface area contributed by atoms with Gasteiger partial charge in [-0.15, -0.1) is 0 Å². The number of amides is 5. The number of rotatable bonds is 12. The molecule has 2 heterocycles. The average Bonchev–Trinajstić information content (AvgIpc) is 3.93. The molecule has 3 N–H and O–H groups in total. The lowest BCUT2D eigenvalue weighted by molar-refractivity contribution is -0.141. The molecule has 1 aromatic rings. The normalized spacial score (nSPS) is 24.0. The van der Waals surface area contributed by atoms with Gasteiger partial charge < -0.3 is 25.0 Å². The largest absolute Gasteiger partial charge is 0.444 e. The van der Waals surface area contributed by atoms with Crippen molar-refractivity contribution in [2.75, 3.05) is 6.54 Å². The fourth-order valence-electron chi connectivity index (χ4n) is 6.83. The van der Waals surface area contributed by atoms with E-state index in [0.717, 1.165) is 4.90 Å². The smallest absolute Gasteiger partial charge is 0.410 e. The highest BCUT2D eigenvalue weighted by Gasteiger charge is 2.62. The zero-order chi connectivity index (χ0) is 39.0. The molecule has 15 nitrogen and oxygen atoms in total. The van der Waals surface area contributed by atoms with Gasteiger partial charge in [0.05, 0.1) is 18.3 Å². The van der Waals surface area contributed by atoms with Crippen molar-refractivity contribution in [3.63, 3.8) is 0 Å². The quantitative estimate of drug-likeness (QED) is 0.266. The molecule has 5 amide bonds. The topological polar surface area (TPSA) is 198 Å². The van der Waals surface area contributed by atoms with Crippen molar-refractivity contribution < 1.29 is 51.0 Å². The molecule has 0 radical (unpaired) electrons. The first-order chi connectivity index (χ1) is 24.7. The van der Waals surface area contributed by atoms with Crippen LogP contribution < -0.4 is 15.4 Å². The number of nitrogens with one attached hydrogen (secondary N) is 3. The Labute approximate surface area is 308 Å². The van der Waals surface area contributed by atoms with E-state index in [4.69, 9.17) is 9.47 Å². The number of sulfonamides is 1. The predicted molar refractivity (Wildman–Crippen MR) is 188 cm³/mol. The van der Waals surface area contributed by atoms with Crippen molar-refractivity contribution in [2.24, 2.45) is 5.92 Å².